The molecule has 3 nitrogen and oxygen atoms in total. The maximum Gasteiger partial charge on any atom is 0.235 e. The van der Waals surface area contributed by atoms with E-state index in [0.29, 0.717) is 18.4 Å². The summed E-state index contributed by atoms with van der Waals surface area (Å²) < 4.78 is 5.49. The highest BCUT2D eigenvalue weighted by atomic mass is 16.5. The minimum atomic E-state index is 0.270. The quantitative estimate of drug-likeness (QED) is 0.736. The molecule has 0 spiro atoms. The molecule has 2 aliphatic rings. The Balaban J connectivity index is 1.91. The van der Waals surface area contributed by atoms with Crippen LogP contribution in [0.1, 0.15) is 37.1 Å². The highest BCUT2D eigenvalue weighted by molar-refractivity contribution is 5.93. The molecule has 1 aliphatic heterocycles. The molecule has 1 atom stereocenters. The van der Waals surface area contributed by atoms with E-state index in [-0.39, 0.29) is 6.04 Å². The lowest BCUT2D eigenvalue weighted by Gasteiger charge is -2.02. The molecular weight excluding hydrogens is 188 g/mol. The van der Waals surface area contributed by atoms with Crippen molar-refractivity contribution >= 4 is 5.90 Å². The molecule has 0 saturated heterocycles. The minimum Gasteiger partial charge on any atom is -0.474 e. The van der Waals surface area contributed by atoms with Crippen molar-refractivity contribution in [3.05, 3.63) is 29.6 Å². The van der Waals surface area contributed by atoms with Gasteiger partial charge in [-0.2, -0.15) is 0 Å². The second-order valence-corrected chi connectivity index (χ2v) is 4.32. The number of ether oxygens (including phenoxy) is 1. The van der Waals surface area contributed by atoms with Crippen molar-refractivity contribution in [2.24, 2.45) is 4.99 Å². The zero-order valence-corrected chi connectivity index (χ0v) is 8.81. The first-order valence-electron chi connectivity index (χ1n) is 5.51. The molecule has 3 rings (SSSR count). The molecular formula is C12H14N2O. The van der Waals surface area contributed by atoms with Crippen LogP contribution in [0.3, 0.4) is 0 Å². The van der Waals surface area contributed by atoms with Crippen LogP contribution in [0.5, 0.6) is 0 Å². The van der Waals surface area contributed by atoms with Crippen molar-refractivity contribution in [1.82, 2.24) is 4.98 Å². The van der Waals surface area contributed by atoms with Gasteiger partial charge in [0.1, 0.15) is 12.3 Å². The average Bonchev–Trinajstić information content (AvgIpc) is 3.02. The third kappa shape index (κ3) is 1.74. The van der Waals surface area contributed by atoms with E-state index in [2.05, 4.69) is 23.0 Å². The minimum absolute atomic E-state index is 0.270. The van der Waals surface area contributed by atoms with Gasteiger partial charge in [0.05, 0.1) is 6.04 Å². The Morgan fingerprint density at radius 2 is 2.20 bits per heavy atom. The highest BCUT2D eigenvalue weighted by Crippen LogP contribution is 2.38. The summed E-state index contributed by atoms with van der Waals surface area (Å²) in [6.07, 6.45) is 2.56. The van der Waals surface area contributed by atoms with Crippen molar-refractivity contribution < 1.29 is 4.74 Å². The molecule has 1 unspecified atom stereocenters. The Bertz CT molecular complexity index is 410. The third-order valence-electron chi connectivity index (χ3n) is 2.78. The normalized spacial score (nSPS) is 24.9. The number of nitrogens with zero attached hydrogens (tertiary/aromatic N) is 2. The van der Waals surface area contributed by atoms with Crippen LogP contribution < -0.4 is 0 Å². The Labute approximate surface area is 89.2 Å². The number of hydrogen-bond donors (Lipinski definition) is 0. The summed E-state index contributed by atoms with van der Waals surface area (Å²) in [7, 11) is 0. The molecule has 1 aliphatic carbocycles. The summed E-state index contributed by atoms with van der Waals surface area (Å²) in [6.45, 7) is 2.74. The summed E-state index contributed by atoms with van der Waals surface area (Å²) >= 11 is 0. The standard InChI is InChI=1S/C12H14N2O/c1-8-7-15-12(13-8)11-4-2-3-10(14-11)9-5-6-9/h2-4,8-9H,5-7H2,1H3. The van der Waals surface area contributed by atoms with Crippen molar-refractivity contribution in [2.45, 2.75) is 31.7 Å². The first kappa shape index (κ1) is 8.89. The molecule has 0 amide bonds. The highest BCUT2D eigenvalue weighted by Gasteiger charge is 2.26. The second-order valence-electron chi connectivity index (χ2n) is 4.32. The van der Waals surface area contributed by atoms with Gasteiger partial charge in [-0.15, -0.1) is 0 Å². The van der Waals surface area contributed by atoms with Crippen LogP contribution in [0.4, 0.5) is 0 Å². The van der Waals surface area contributed by atoms with Crippen LogP contribution in [0.15, 0.2) is 23.2 Å². The van der Waals surface area contributed by atoms with Gasteiger partial charge >= 0.3 is 0 Å². The van der Waals surface area contributed by atoms with E-state index in [1.807, 2.05) is 12.1 Å². The number of hydrogen-bond acceptors (Lipinski definition) is 3. The summed E-state index contributed by atoms with van der Waals surface area (Å²) in [5, 5.41) is 0. The Morgan fingerprint density at radius 3 is 2.87 bits per heavy atom. The van der Waals surface area contributed by atoms with E-state index in [1.54, 1.807) is 0 Å². The average molecular weight is 202 g/mol. The van der Waals surface area contributed by atoms with Gasteiger partial charge in [-0.25, -0.2) is 9.98 Å². The lowest BCUT2D eigenvalue weighted by atomic mass is 10.2. The van der Waals surface area contributed by atoms with Gasteiger partial charge in [-0.05, 0) is 31.9 Å². The fraction of sp³-hybridized carbons (Fsp3) is 0.500. The summed E-state index contributed by atoms with van der Waals surface area (Å²) in [5.41, 5.74) is 2.09. The van der Waals surface area contributed by atoms with Crippen molar-refractivity contribution in [1.29, 1.82) is 0 Å². The molecule has 2 heterocycles. The van der Waals surface area contributed by atoms with Crippen LogP contribution in [0, 0.1) is 0 Å². The zero-order valence-electron chi connectivity index (χ0n) is 8.81. The van der Waals surface area contributed by atoms with E-state index in [1.165, 1.54) is 18.5 Å². The number of aromatic nitrogens is 1. The first-order chi connectivity index (χ1) is 7.33. The second kappa shape index (κ2) is 3.33. The van der Waals surface area contributed by atoms with Gasteiger partial charge < -0.3 is 4.74 Å². The predicted octanol–water partition coefficient (Wildman–Crippen LogP) is 2.12. The van der Waals surface area contributed by atoms with Crippen molar-refractivity contribution in [2.75, 3.05) is 6.61 Å². The van der Waals surface area contributed by atoms with Crippen LogP contribution >= 0.6 is 0 Å². The molecule has 1 saturated carbocycles. The number of aliphatic imine (C=N–C) groups is 1. The SMILES string of the molecule is CC1COC(c2cccc(C3CC3)n2)=N1. The molecule has 1 aromatic heterocycles. The largest absolute Gasteiger partial charge is 0.474 e. The van der Waals surface area contributed by atoms with Crippen LogP contribution in [-0.4, -0.2) is 23.5 Å². The summed E-state index contributed by atoms with van der Waals surface area (Å²) in [4.78, 5) is 9.01. The maximum absolute atomic E-state index is 5.49. The molecule has 0 N–H and O–H groups in total. The fourth-order valence-electron chi connectivity index (χ4n) is 1.79. The van der Waals surface area contributed by atoms with Gasteiger partial charge in [0.25, 0.3) is 0 Å². The van der Waals surface area contributed by atoms with Crippen LogP contribution in [0.25, 0.3) is 0 Å². The van der Waals surface area contributed by atoms with Crippen molar-refractivity contribution in [3.63, 3.8) is 0 Å². The predicted molar refractivity (Wildman–Crippen MR) is 58.2 cm³/mol. The molecule has 0 radical (unpaired) electrons. The van der Waals surface area contributed by atoms with Crippen LogP contribution in [-0.2, 0) is 4.74 Å². The van der Waals surface area contributed by atoms with E-state index in [0.717, 1.165) is 5.69 Å². The monoisotopic (exact) mass is 202 g/mol. The molecule has 3 heteroatoms. The maximum atomic E-state index is 5.49. The number of rotatable bonds is 2. The van der Waals surface area contributed by atoms with E-state index in [4.69, 9.17) is 4.74 Å². The molecule has 0 aromatic carbocycles. The van der Waals surface area contributed by atoms with Crippen LogP contribution in [0.2, 0.25) is 0 Å². The van der Waals surface area contributed by atoms with E-state index in [9.17, 15) is 0 Å². The van der Waals surface area contributed by atoms with Gasteiger partial charge in [0, 0.05) is 11.6 Å². The van der Waals surface area contributed by atoms with Gasteiger partial charge in [0.2, 0.25) is 5.90 Å². The van der Waals surface area contributed by atoms with E-state index < -0.39 is 0 Å². The molecule has 78 valence electrons. The van der Waals surface area contributed by atoms with Gasteiger partial charge in [-0.3, -0.25) is 0 Å². The molecule has 1 fully saturated rings. The van der Waals surface area contributed by atoms with Gasteiger partial charge in [-0.1, -0.05) is 6.07 Å². The third-order valence-corrected chi connectivity index (χ3v) is 2.78. The number of pyridine rings is 1. The van der Waals surface area contributed by atoms with Crippen molar-refractivity contribution in [3.8, 4) is 0 Å². The lowest BCUT2D eigenvalue weighted by Crippen LogP contribution is -2.05. The summed E-state index contributed by atoms with van der Waals surface area (Å²) in [5.74, 6) is 1.40. The zero-order chi connectivity index (χ0) is 10.3. The van der Waals surface area contributed by atoms with E-state index >= 15 is 0 Å². The molecule has 15 heavy (non-hydrogen) atoms. The lowest BCUT2D eigenvalue weighted by molar-refractivity contribution is 0.323. The Hall–Kier alpha value is -1.38. The molecule has 0 bridgehead atoms. The first-order valence-corrected chi connectivity index (χ1v) is 5.51. The Kier molecular flexibility index (Phi) is 1.97. The molecule has 1 aromatic rings. The summed E-state index contributed by atoms with van der Waals surface area (Å²) in [6, 6.07) is 6.39. The fourth-order valence-corrected chi connectivity index (χ4v) is 1.79. The van der Waals surface area contributed by atoms with Gasteiger partial charge in [0.15, 0.2) is 0 Å². The Morgan fingerprint density at radius 1 is 1.33 bits per heavy atom. The topological polar surface area (TPSA) is 34.5 Å². The smallest absolute Gasteiger partial charge is 0.235 e.